The third-order valence-corrected chi connectivity index (χ3v) is 3.49. The molecule has 4 nitrogen and oxygen atoms in total. The Balaban J connectivity index is 2.76. The molecule has 118 valence electrons. The minimum absolute atomic E-state index is 0.0717. The first kappa shape index (κ1) is 18.4. The van der Waals surface area contributed by atoms with Gasteiger partial charge in [-0.3, -0.25) is 4.79 Å². The van der Waals surface area contributed by atoms with Crippen molar-refractivity contribution in [1.29, 1.82) is 0 Å². The van der Waals surface area contributed by atoms with Crippen molar-refractivity contribution in [3.05, 3.63) is 33.3 Å². The van der Waals surface area contributed by atoms with Crippen LogP contribution in [0, 0.1) is 0 Å². The fraction of sp³-hybridized carbons (Fsp3) is 0.533. The second kappa shape index (κ2) is 10.2. The molecule has 1 amide bonds. The summed E-state index contributed by atoms with van der Waals surface area (Å²) < 4.78 is 11.5. The minimum atomic E-state index is -0.0717. The maximum Gasteiger partial charge on any atom is 0.254 e. The second-order valence-electron chi connectivity index (χ2n) is 4.34. The molecule has 1 rings (SSSR count). The van der Waals surface area contributed by atoms with E-state index in [4.69, 9.17) is 21.1 Å². The molecule has 0 N–H and O–H groups in total. The summed E-state index contributed by atoms with van der Waals surface area (Å²) in [4.78, 5) is 14.3. The number of carbonyl (C=O) groups is 1. The molecular formula is C15H21BrClNO3. The van der Waals surface area contributed by atoms with E-state index in [0.29, 0.717) is 50.1 Å². The molecular weight excluding hydrogens is 358 g/mol. The van der Waals surface area contributed by atoms with Gasteiger partial charge < -0.3 is 14.4 Å². The van der Waals surface area contributed by atoms with Gasteiger partial charge in [-0.25, -0.2) is 0 Å². The van der Waals surface area contributed by atoms with Gasteiger partial charge in [0.15, 0.2) is 0 Å². The standard InChI is InChI=1S/C15H21BrClNO3/c1-3-20-7-5-18(6-8-21-4-2)15(19)12-9-13(16)11-14(17)10-12/h9-11H,3-8H2,1-2H3. The Hall–Kier alpha value is -0.620. The molecule has 0 radical (unpaired) electrons. The molecule has 0 atom stereocenters. The third kappa shape index (κ3) is 6.78. The minimum Gasteiger partial charge on any atom is -0.380 e. The van der Waals surface area contributed by atoms with E-state index in [-0.39, 0.29) is 5.91 Å². The predicted molar refractivity (Wildman–Crippen MR) is 88.0 cm³/mol. The second-order valence-corrected chi connectivity index (χ2v) is 5.70. The number of rotatable bonds is 9. The van der Waals surface area contributed by atoms with Crippen LogP contribution in [0.3, 0.4) is 0 Å². The molecule has 0 aliphatic carbocycles. The van der Waals surface area contributed by atoms with E-state index >= 15 is 0 Å². The summed E-state index contributed by atoms with van der Waals surface area (Å²) in [5.41, 5.74) is 0.558. The number of amides is 1. The van der Waals surface area contributed by atoms with Gasteiger partial charge in [-0.05, 0) is 32.0 Å². The average Bonchev–Trinajstić information content (AvgIpc) is 2.44. The van der Waals surface area contributed by atoms with Crippen molar-refractivity contribution >= 4 is 33.4 Å². The Morgan fingerprint density at radius 1 is 1.14 bits per heavy atom. The number of ether oxygens (including phenoxy) is 2. The first-order chi connectivity index (χ1) is 10.1. The summed E-state index contributed by atoms with van der Waals surface area (Å²) in [7, 11) is 0. The van der Waals surface area contributed by atoms with E-state index in [9.17, 15) is 4.79 Å². The van der Waals surface area contributed by atoms with Crippen molar-refractivity contribution in [3.8, 4) is 0 Å². The van der Waals surface area contributed by atoms with E-state index in [0.717, 1.165) is 4.47 Å². The highest BCUT2D eigenvalue weighted by molar-refractivity contribution is 9.10. The molecule has 0 spiro atoms. The first-order valence-corrected chi connectivity index (χ1v) is 8.16. The van der Waals surface area contributed by atoms with Gasteiger partial charge in [0.25, 0.3) is 5.91 Å². The fourth-order valence-corrected chi connectivity index (χ4v) is 2.67. The molecule has 6 heteroatoms. The number of benzene rings is 1. The zero-order valence-electron chi connectivity index (χ0n) is 12.4. The maximum atomic E-state index is 12.6. The monoisotopic (exact) mass is 377 g/mol. The lowest BCUT2D eigenvalue weighted by Crippen LogP contribution is -2.36. The average molecular weight is 379 g/mol. The number of halogens is 2. The van der Waals surface area contributed by atoms with E-state index in [1.165, 1.54) is 0 Å². The summed E-state index contributed by atoms with van der Waals surface area (Å²) in [5, 5.41) is 0.530. The molecule has 0 bridgehead atoms. The van der Waals surface area contributed by atoms with Crippen LogP contribution in [0.4, 0.5) is 0 Å². The summed E-state index contributed by atoms with van der Waals surface area (Å²) in [6.07, 6.45) is 0. The first-order valence-electron chi connectivity index (χ1n) is 6.99. The lowest BCUT2D eigenvalue weighted by atomic mass is 10.2. The number of carbonyl (C=O) groups excluding carboxylic acids is 1. The van der Waals surface area contributed by atoms with Crippen LogP contribution >= 0.6 is 27.5 Å². The largest absolute Gasteiger partial charge is 0.380 e. The van der Waals surface area contributed by atoms with Crippen molar-refractivity contribution in [2.45, 2.75) is 13.8 Å². The molecule has 0 aromatic heterocycles. The Kier molecular flexibility index (Phi) is 8.92. The van der Waals surface area contributed by atoms with Crippen LogP contribution in [0.25, 0.3) is 0 Å². The topological polar surface area (TPSA) is 38.8 Å². The molecule has 0 aliphatic rings. The zero-order valence-corrected chi connectivity index (χ0v) is 14.7. The Morgan fingerprint density at radius 3 is 2.19 bits per heavy atom. The van der Waals surface area contributed by atoms with Crippen molar-refractivity contribution in [2.75, 3.05) is 39.5 Å². The smallest absolute Gasteiger partial charge is 0.254 e. The van der Waals surface area contributed by atoms with Crippen molar-refractivity contribution in [1.82, 2.24) is 4.90 Å². The number of hydrogen-bond donors (Lipinski definition) is 0. The molecule has 0 unspecified atom stereocenters. The van der Waals surface area contributed by atoms with Gasteiger partial charge in [-0.15, -0.1) is 0 Å². The number of nitrogens with zero attached hydrogens (tertiary/aromatic N) is 1. The highest BCUT2D eigenvalue weighted by Gasteiger charge is 2.16. The number of hydrogen-bond acceptors (Lipinski definition) is 3. The van der Waals surface area contributed by atoms with Crippen molar-refractivity contribution < 1.29 is 14.3 Å². The SMILES string of the molecule is CCOCCN(CCOCC)C(=O)c1cc(Cl)cc(Br)c1. The molecule has 0 fully saturated rings. The van der Waals surface area contributed by atoms with Crippen molar-refractivity contribution in [2.24, 2.45) is 0 Å². The van der Waals surface area contributed by atoms with Crippen LogP contribution in [0.15, 0.2) is 22.7 Å². The Labute approximate surface area is 139 Å². The molecule has 0 saturated heterocycles. The molecule has 21 heavy (non-hydrogen) atoms. The van der Waals surface area contributed by atoms with Crippen LogP contribution in [0.5, 0.6) is 0 Å². The summed E-state index contributed by atoms with van der Waals surface area (Å²) in [6.45, 7) is 7.22. The Morgan fingerprint density at radius 2 is 1.71 bits per heavy atom. The Bertz CT molecular complexity index is 426. The highest BCUT2D eigenvalue weighted by Crippen LogP contribution is 2.20. The fourth-order valence-electron chi connectivity index (χ4n) is 1.81. The molecule has 1 aromatic carbocycles. The molecule has 0 heterocycles. The normalized spacial score (nSPS) is 10.7. The molecule has 0 aliphatic heterocycles. The van der Waals surface area contributed by atoms with Gasteiger partial charge in [-0.2, -0.15) is 0 Å². The maximum absolute atomic E-state index is 12.6. The van der Waals surface area contributed by atoms with E-state index in [1.54, 1.807) is 23.1 Å². The lowest BCUT2D eigenvalue weighted by molar-refractivity contribution is 0.0550. The van der Waals surface area contributed by atoms with Gasteiger partial charge in [-0.1, -0.05) is 27.5 Å². The van der Waals surface area contributed by atoms with Crippen LogP contribution in [-0.2, 0) is 9.47 Å². The van der Waals surface area contributed by atoms with Crippen LogP contribution in [0.2, 0.25) is 5.02 Å². The van der Waals surface area contributed by atoms with Gasteiger partial charge in [0.05, 0.1) is 13.2 Å². The highest BCUT2D eigenvalue weighted by atomic mass is 79.9. The van der Waals surface area contributed by atoms with E-state index in [2.05, 4.69) is 15.9 Å². The van der Waals surface area contributed by atoms with Gasteiger partial charge in [0.1, 0.15) is 0 Å². The lowest BCUT2D eigenvalue weighted by Gasteiger charge is -2.22. The van der Waals surface area contributed by atoms with Crippen LogP contribution < -0.4 is 0 Å². The molecule has 0 saturated carbocycles. The van der Waals surface area contributed by atoms with E-state index in [1.807, 2.05) is 13.8 Å². The third-order valence-electron chi connectivity index (χ3n) is 2.82. The van der Waals surface area contributed by atoms with Gasteiger partial charge >= 0.3 is 0 Å². The summed E-state index contributed by atoms with van der Waals surface area (Å²) >= 11 is 9.36. The predicted octanol–water partition coefficient (Wildman–Crippen LogP) is 3.62. The quantitative estimate of drug-likeness (QED) is 0.616. The summed E-state index contributed by atoms with van der Waals surface area (Å²) in [5.74, 6) is -0.0717. The molecule has 1 aromatic rings. The van der Waals surface area contributed by atoms with E-state index < -0.39 is 0 Å². The zero-order chi connectivity index (χ0) is 15.7. The van der Waals surface area contributed by atoms with Crippen LogP contribution in [0.1, 0.15) is 24.2 Å². The summed E-state index contributed by atoms with van der Waals surface area (Å²) in [6, 6.07) is 5.19. The van der Waals surface area contributed by atoms with Crippen LogP contribution in [-0.4, -0.2) is 50.3 Å². The van der Waals surface area contributed by atoms with Gasteiger partial charge in [0.2, 0.25) is 0 Å². The van der Waals surface area contributed by atoms with Crippen molar-refractivity contribution in [3.63, 3.8) is 0 Å². The van der Waals surface area contributed by atoms with Gasteiger partial charge in [0, 0.05) is 41.4 Å².